The Kier molecular flexibility index (Phi) is 18.9. The van der Waals surface area contributed by atoms with Crippen molar-refractivity contribution in [2.45, 2.75) is 254 Å². The number of hydrogen-bond donors (Lipinski definition) is 15. The van der Waals surface area contributed by atoms with Crippen molar-refractivity contribution in [3.8, 4) is 0 Å². The second-order valence-corrected chi connectivity index (χ2v) is 25.7. The van der Waals surface area contributed by atoms with E-state index in [9.17, 15) is 76.6 Å². The zero-order valence-electron chi connectivity index (χ0n) is 45.8. The first-order valence-electron chi connectivity index (χ1n) is 27.9. The van der Waals surface area contributed by atoms with Gasteiger partial charge in [0, 0.05) is 0 Å². The van der Waals surface area contributed by atoms with Crippen LogP contribution in [0.4, 0.5) is 0 Å². The third-order valence-corrected chi connectivity index (χ3v) is 20.9. The molecule has 0 aromatic carbocycles. The Morgan fingerprint density at radius 3 is 1.64 bits per heavy atom. The molecule has 23 nitrogen and oxygen atoms in total. The summed E-state index contributed by atoms with van der Waals surface area (Å²) in [5.74, 6) is -0.475. The largest absolute Gasteiger partial charge is 0.394 e. The van der Waals surface area contributed by atoms with E-state index in [0.29, 0.717) is 38.5 Å². The number of hydrogen-bond acceptors (Lipinski definition) is 23. The highest BCUT2D eigenvalue weighted by atomic mass is 16.8. The molecule has 8 aliphatic rings. The summed E-state index contributed by atoms with van der Waals surface area (Å²) < 4.78 is 48.9. The molecule has 4 saturated heterocycles. The second kappa shape index (κ2) is 23.5. The lowest BCUT2D eigenvalue weighted by Gasteiger charge is -2.71. The third kappa shape index (κ3) is 10.9. The summed E-state index contributed by atoms with van der Waals surface area (Å²) in [4.78, 5) is 0. The fourth-order valence-corrected chi connectivity index (χ4v) is 16.3. The SMILES string of the molecule is CC(C)=CCC[C@](C)(O[C@@H]1OC(CO[C@@H]2OC(CO)[C@@H](O)[C@H](O)C2O)[C@@H](O)[C@H](O)C1O)[C@H]1CC[C@]2(C)[C@@H]1[C@H](O)C[C@@H]1[C@@]3(C)CC[C@H](O[C@@H]4OC(CO)[C@@H](O)[C@H](O)C4O[C@@H]4OC(CO)[C@@H](O)[C@H](O)C4O)C(C)(C)[C@@H]3CC[C@]12C. The Morgan fingerprint density at radius 1 is 0.545 bits per heavy atom. The van der Waals surface area contributed by atoms with E-state index in [1.54, 1.807) is 0 Å². The van der Waals surface area contributed by atoms with E-state index in [-0.39, 0.29) is 34.5 Å². The maximum absolute atomic E-state index is 12.8. The molecular weight excluding hydrogens is 1020 g/mol. The van der Waals surface area contributed by atoms with Gasteiger partial charge in [-0.25, -0.2) is 0 Å². The number of aliphatic hydroxyl groups excluding tert-OH is 15. The first-order chi connectivity index (χ1) is 36.0. The lowest BCUT2D eigenvalue weighted by Crippen LogP contribution is -2.68. The van der Waals surface area contributed by atoms with Crippen molar-refractivity contribution < 1.29 is 114 Å². The summed E-state index contributed by atoms with van der Waals surface area (Å²) in [5, 5.41) is 162. The standard InChI is InChI=1S/C54H92O23/c1-23(2)10-9-14-54(8,77-48-44(69)40(65)37(62)29(74-48)22-70-46-42(67)38(63)34(59)26(19-55)71-46)24-11-16-53(7)33(24)25(58)18-31-51(5)15-13-32(50(3,4)30(51)12-17-52(31,53)6)75-49-45(41(66)36(61)28(21-57)73-49)76-47-43(68)39(64)35(60)27(20-56)72-47/h10,24-49,55-69H,9,11-22H2,1-8H3/t24-,25+,26?,27?,28?,29?,30-,31+,32-,33-,34+,35+,36+,37+,38-,39-,40-,41-,42?,43?,44?,45?,46+,47-,48-,49-,51-,52+,53+,54-/m0/s1. The van der Waals surface area contributed by atoms with Gasteiger partial charge in [0.15, 0.2) is 25.2 Å². The molecule has 4 saturated carbocycles. The van der Waals surface area contributed by atoms with Crippen molar-refractivity contribution in [1.82, 2.24) is 0 Å². The second-order valence-electron chi connectivity index (χ2n) is 25.7. The zero-order valence-corrected chi connectivity index (χ0v) is 45.8. The molecule has 0 aromatic rings. The van der Waals surface area contributed by atoms with Crippen LogP contribution in [-0.2, 0) is 37.9 Å². The summed E-state index contributed by atoms with van der Waals surface area (Å²) in [6.07, 6.45) is -25.2. The van der Waals surface area contributed by atoms with Gasteiger partial charge in [0.25, 0.3) is 0 Å². The van der Waals surface area contributed by atoms with Crippen molar-refractivity contribution in [1.29, 1.82) is 0 Å². The van der Waals surface area contributed by atoms with E-state index in [4.69, 9.17) is 37.9 Å². The van der Waals surface area contributed by atoms with Crippen LogP contribution in [0.3, 0.4) is 0 Å². The van der Waals surface area contributed by atoms with Gasteiger partial charge in [0.05, 0.1) is 44.2 Å². The lowest BCUT2D eigenvalue weighted by atomic mass is 9.35. The molecule has 77 heavy (non-hydrogen) atoms. The van der Waals surface area contributed by atoms with Gasteiger partial charge in [-0.05, 0) is 124 Å². The van der Waals surface area contributed by atoms with E-state index in [1.165, 1.54) is 0 Å². The van der Waals surface area contributed by atoms with Crippen LogP contribution in [0.25, 0.3) is 0 Å². The molecule has 446 valence electrons. The molecule has 0 amide bonds. The number of ether oxygens (including phenoxy) is 8. The molecule has 0 bridgehead atoms. The van der Waals surface area contributed by atoms with Gasteiger partial charge < -0.3 is 114 Å². The van der Waals surface area contributed by atoms with Gasteiger partial charge in [-0.1, -0.05) is 46.3 Å². The molecule has 4 aliphatic heterocycles. The highest BCUT2D eigenvalue weighted by Crippen LogP contribution is 2.76. The molecule has 8 fully saturated rings. The van der Waals surface area contributed by atoms with E-state index in [1.807, 2.05) is 20.8 Å². The Labute approximate surface area is 450 Å². The van der Waals surface area contributed by atoms with Crippen LogP contribution in [0.5, 0.6) is 0 Å². The van der Waals surface area contributed by atoms with Crippen LogP contribution in [0, 0.1) is 45.3 Å². The Morgan fingerprint density at radius 2 is 1.05 bits per heavy atom. The molecule has 0 aromatic heterocycles. The summed E-state index contributed by atoms with van der Waals surface area (Å²) >= 11 is 0. The van der Waals surface area contributed by atoms with Crippen molar-refractivity contribution in [3.63, 3.8) is 0 Å². The smallest absolute Gasteiger partial charge is 0.187 e. The van der Waals surface area contributed by atoms with Crippen molar-refractivity contribution in [3.05, 3.63) is 11.6 Å². The quantitative estimate of drug-likeness (QED) is 0.0576. The zero-order chi connectivity index (χ0) is 56.6. The minimum atomic E-state index is -1.82. The highest BCUT2D eigenvalue weighted by Gasteiger charge is 2.72. The highest BCUT2D eigenvalue weighted by molar-refractivity contribution is 5.20. The molecule has 4 heterocycles. The van der Waals surface area contributed by atoms with Gasteiger partial charge in [-0.3, -0.25) is 0 Å². The summed E-state index contributed by atoms with van der Waals surface area (Å²) in [6.45, 7) is 14.6. The fourth-order valence-electron chi connectivity index (χ4n) is 16.3. The van der Waals surface area contributed by atoms with Gasteiger partial charge in [0.2, 0.25) is 0 Å². The van der Waals surface area contributed by atoms with Crippen LogP contribution in [0.15, 0.2) is 11.6 Å². The summed E-state index contributed by atoms with van der Waals surface area (Å²) in [5.41, 5.74) is -1.59. The average Bonchev–Trinajstić information content (AvgIpc) is 3.96. The monoisotopic (exact) mass is 1110 g/mol. The minimum Gasteiger partial charge on any atom is -0.394 e. The minimum absolute atomic E-state index is 0.0374. The van der Waals surface area contributed by atoms with E-state index >= 15 is 0 Å². The topological polar surface area (TPSA) is 377 Å². The van der Waals surface area contributed by atoms with Crippen molar-refractivity contribution in [2.75, 3.05) is 26.4 Å². The Hall–Kier alpha value is -1.18. The molecule has 8 rings (SSSR count). The molecule has 30 atom stereocenters. The number of fused-ring (bicyclic) bond motifs is 5. The molecule has 15 N–H and O–H groups in total. The van der Waals surface area contributed by atoms with E-state index < -0.39 is 178 Å². The van der Waals surface area contributed by atoms with Gasteiger partial charge >= 0.3 is 0 Å². The summed E-state index contributed by atoms with van der Waals surface area (Å²) in [6, 6.07) is 0. The lowest BCUT2D eigenvalue weighted by molar-refractivity contribution is -0.378. The predicted octanol–water partition coefficient (Wildman–Crippen LogP) is -2.20. The van der Waals surface area contributed by atoms with Crippen molar-refractivity contribution >= 4 is 0 Å². The van der Waals surface area contributed by atoms with E-state index in [0.717, 1.165) is 24.8 Å². The van der Waals surface area contributed by atoms with Crippen LogP contribution in [0.2, 0.25) is 0 Å². The van der Waals surface area contributed by atoms with Gasteiger partial charge in [0.1, 0.15) is 97.7 Å². The Balaban J connectivity index is 1.01. The molecule has 0 radical (unpaired) electrons. The van der Waals surface area contributed by atoms with Crippen LogP contribution < -0.4 is 0 Å². The van der Waals surface area contributed by atoms with Gasteiger partial charge in [-0.2, -0.15) is 0 Å². The first kappa shape index (κ1) is 61.9. The molecular formula is C54H92O23. The first-order valence-corrected chi connectivity index (χ1v) is 27.9. The normalized spacial score (nSPS) is 52.7. The average molecular weight is 1110 g/mol. The van der Waals surface area contributed by atoms with Gasteiger partial charge in [-0.15, -0.1) is 0 Å². The van der Waals surface area contributed by atoms with E-state index in [2.05, 4.69) is 40.7 Å². The maximum Gasteiger partial charge on any atom is 0.187 e. The number of allylic oxidation sites excluding steroid dienone is 2. The predicted molar refractivity (Wildman–Crippen MR) is 266 cm³/mol. The maximum atomic E-state index is 12.8. The van der Waals surface area contributed by atoms with Crippen molar-refractivity contribution in [2.24, 2.45) is 45.3 Å². The van der Waals surface area contributed by atoms with Crippen LogP contribution in [0.1, 0.15) is 113 Å². The fraction of sp³-hybridized carbons (Fsp3) is 0.963. The third-order valence-electron chi connectivity index (χ3n) is 20.9. The van der Waals surface area contributed by atoms with Crippen LogP contribution in [-0.4, -0.2) is 244 Å². The Bertz CT molecular complexity index is 1990. The molecule has 8 unspecified atom stereocenters. The molecule has 23 heteroatoms. The summed E-state index contributed by atoms with van der Waals surface area (Å²) in [7, 11) is 0. The molecule has 0 spiro atoms. The number of aliphatic hydroxyl groups is 15. The molecule has 4 aliphatic carbocycles. The number of rotatable bonds is 16. The van der Waals surface area contributed by atoms with Crippen LogP contribution >= 0.6 is 0 Å².